The fourth-order valence-corrected chi connectivity index (χ4v) is 1.67. The maximum absolute atomic E-state index is 12.8. The Kier molecular flexibility index (Phi) is 3.49. The third-order valence-electron chi connectivity index (χ3n) is 2.07. The van der Waals surface area contributed by atoms with Gasteiger partial charge in [-0.2, -0.15) is 4.39 Å². The van der Waals surface area contributed by atoms with Gasteiger partial charge in [-0.15, -0.1) is 0 Å². The van der Waals surface area contributed by atoms with Gasteiger partial charge in [-0.1, -0.05) is 18.2 Å². The summed E-state index contributed by atoms with van der Waals surface area (Å²) >= 11 is 3.30. The molecule has 5 heteroatoms. The summed E-state index contributed by atoms with van der Waals surface area (Å²) in [6.45, 7) is 0. The van der Waals surface area contributed by atoms with Crippen LogP contribution >= 0.6 is 15.9 Å². The molecule has 1 N–H and O–H groups in total. The van der Waals surface area contributed by atoms with Gasteiger partial charge in [0.05, 0.1) is 5.69 Å². The zero-order valence-electron chi connectivity index (χ0n) is 8.65. The van der Waals surface area contributed by atoms with Crippen LogP contribution in [0, 0.1) is 5.95 Å². The third-order valence-corrected chi connectivity index (χ3v) is 2.76. The van der Waals surface area contributed by atoms with Crippen molar-refractivity contribution in [1.82, 2.24) is 4.98 Å². The first-order chi connectivity index (χ1) is 8.16. The maximum Gasteiger partial charge on any atom is 0.274 e. The van der Waals surface area contributed by atoms with Crippen molar-refractivity contribution in [2.75, 3.05) is 5.32 Å². The van der Waals surface area contributed by atoms with E-state index in [2.05, 4.69) is 26.2 Å². The van der Waals surface area contributed by atoms with Gasteiger partial charge in [-0.05, 0) is 40.2 Å². The van der Waals surface area contributed by atoms with E-state index in [1.165, 1.54) is 18.2 Å². The quantitative estimate of drug-likeness (QED) is 0.864. The fourth-order valence-electron chi connectivity index (χ4n) is 1.28. The molecule has 0 atom stereocenters. The summed E-state index contributed by atoms with van der Waals surface area (Å²) in [5.41, 5.74) is 0.657. The van der Waals surface area contributed by atoms with E-state index in [9.17, 15) is 9.18 Å². The number of para-hydroxylation sites is 1. The Hall–Kier alpha value is -1.75. The highest BCUT2D eigenvalue weighted by atomic mass is 79.9. The number of nitrogens with one attached hydrogen (secondary N) is 1. The van der Waals surface area contributed by atoms with Crippen LogP contribution in [-0.2, 0) is 0 Å². The summed E-state index contributed by atoms with van der Waals surface area (Å²) in [5, 5.41) is 2.64. The normalized spacial score (nSPS) is 10.0. The van der Waals surface area contributed by atoms with E-state index >= 15 is 0 Å². The molecule has 3 nitrogen and oxygen atoms in total. The molecule has 0 aliphatic carbocycles. The number of benzene rings is 1. The lowest BCUT2D eigenvalue weighted by Crippen LogP contribution is -2.14. The molecule has 0 fully saturated rings. The largest absolute Gasteiger partial charge is 0.320 e. The van der Waals surface area contributed by atoms with Crippen molar-refractivity contribution in [3.05, 3.63) is 58.6 Å². The van der Waals surface area contributed by atoms with E-state index in [0.29, 0.717) is 5.69 Å². The molecule has 2 rings (SSSR count). The molecule has 1 heterocycles. The Bertz CT molecular complexity index is 560. The predicted octanol–water partition coefficient (Wildman–Crippen LogP) is 3.24. The van der Waals surface area contributed by atoms with Crippen molar-refractivity contribution in [3.8, 4) is 0 Å². The van der Waals surface area contributed by atoms with Gasteiger partial charge in [0.2, 0.25) is 5.95 Å². The number of rotatable bonds is 2. The van der Waals surface area contributed by atoms with Crippen LogP contribution in [0.25, 0.3) is 0 Å². The molecular formula is C12H8BrFN2O. The summed E-state index contributed by atoms with van der Waals surface area (Å²) in [5.74, 6) is -1.12. The van der Waals surface area contributed by atoms with Crippen molar-refractivity contribution in [2.24, 2.45) is 0 Å². The number of carbonyl (C=O) groups excluding carboxylic acids is 1. The fraction of sp³-hybridized carbons (Fsp3) is 0. The van der Waals surface area contributed by atoms with Crippen LogP contribution in [0.2, 0.25) is 0 Å². The lowest BCUT2D eigenvalue weighted by Gasteiger charge is -2.06. The molecule has 86 valence electrons. The van der Waals surface area contributed by atoms with Crippen molar-refractivity contribution < 1.29 is 9.18 Å². The van der Waals surface area contributed by atoms with E-state index in [4.69, 9.17) is 0 Å². The van der Waals surface area contributed by atoms with Gasteiger partial charge in [0.1, 0.15) is 5.69 Å². The molecule has 0 saturated carbocycles. The van der Waals surface area contributed by atoms with E-state index in [1.807, 2.05) is 6.07 Å². The van der Waals surface area contributed by atoms with E-state index in [0.717, 1.165) is 4.47 Å². The number of nitrogens with zero attached hydrogens (tertiary/aromatic N) is 1. The smallest absolute Gasteiger partial charge is 0.274 e. The van der Waals surface area contributed by atoms with Crippen LogP contribution in [0.15, 0.2) is 46.9 Å². The van der Waals surface area contributed by atoms with E-state index in [1.54, 1.807) is 18.2 Å². The Labute approximate surface area is 106 Å². The lowest BCUT2D eigenvalue weighted by atomic mass is 10.3. The number of anilines is 1. The van der Waals surface area contributed by atoms with Crippen LogP contribution in [0.4, 0.5) is 10.1 Å². The number of carbonyl (C=O) groups is 1. The molecule has 0 saturated heterocycles. The predicted molar refractivity (Wildman–Crippen MR) is 66.3 cm³/mol. The molecule has 1 aromatic heterocycles. The van der Waals surface area contributed by atoms with Crippen molar-refractivity contribution >= 4 is 27.5 Å². The van der Waals surface area contributed by atoms with Crippen LogP contribution < -0.4 is 5.32 Å². The van der Waals surface area contributed by atoms with E-state index in [-0.39, 0.29) is 5.69 Å². The van der Waals surface area contributed by atoms with E-state index < -0.39 is 11.9 Å². The monoisotopic (exact) mass is 294 g/mol. The molecule has 0 radical (unpaired) electrons. The zero-order valence-corrected chi connectivity index (χ0v) is 10.2. The van der Waals surface area contributed by atoms with Gasteiger partial charge in [-0.25, -0.2) is 4.98 Å². The molecular weight excluding hydrogens is 287 g/mol. The Morgan fingerprint density at radius 2 is 1.94 bits per heavy atom. The number of pyridine rings is 1. The highest BCUT2D eigenvalue weighted by Crippen LogP contribution is 2.21. The van der Waals surface area contributed by atoms with Crippen LogP contribution in [0.1, 0.15) is 10.5 Å². The second-order valence-corrected chi connectivity index (χ2v) is 4.13. The van der Waals surface area contributed by atoms with Gasteiger partial charge in [0, 0.05) is 4.47 Å². The lowest BCUT2D eigenvalue weighted by molar-refractivity contribution is 0.102. The van der Waals surface area contributed by atoms with Crippen LogP contribution in [0.5, 0.6) is 0 Å². The van der Waals surface area contributed by atoms with Gasteiger partial charge in [-0.3, -0.25) is 4.79 Å². The molecule has 1 amide bonds. The molecule has 1 aromatic carbocycles. The molecule has 0 aliphatic heterocycles. The molecule has 0 bridgehead atoms. The SMILES string of the molecule is O=C(Nc1ccccc1Br)c1cccc(F)n1. The van der Waals surface area contributed by atoms with Gasteiger partial charge >= 0.3 is 0 Å². The first-order valence-corrected chi connectivity index (χ1v) is 5.64. The van der Waals surface area contributed by atoms with Crippen LogP contribution in [-0.4, -0.2) is 10.9 Å². The first kappa shape index (κ1) is 11.7. The number of hydrogen-bond donors (Lipinski definition) is 1. The Morgan fingerprint density at radius 3 is 2.65 bits per heavy atom. The molecule has 0 spiro atoms. The number of hydrogen-bond acceptors (Lipinski definition) is 2. The number of amides is 1. The molecule has 0 aliphatic rings. The summed E-state index contributed by atoms with van der Waals surface area (Å²) < 4.78 is 13.6. The average molecular weight is 295 g/mol. The minimum absolute atomic E-state index is 0.0424. The minimum Gasteiger partial charge on any atom is -0.320 e. The molecule has 17 heavy (non-hydrogen) atoms. The van der Waals surface area contributed by atoms with Crippen molar-refractivity contribution in [2.45, 2.75) is 0 Å². The van der Waals surface area contributed by atoms with Gasteiger partial charge in [0.25, 0.3) is 5.91 Å². The third kappa shape index (κ3) is 2.88. The maximum atomic E-state index is 12.8. The second-order valence-electron chi connectivity index (χ2n) is 3.28. The first-order valence-electron chi connectivity index (χ1n) is 4.85. The summed E-state index contributed by atoms with van der Waals surface area (Å²) in [7, 11) is 0. The minimum atomic E-state index is -0.676. The molecule has 2 aromatic rings. The van der Waals surface area contributed by atoms with Crippen molar-refractivity contribution in [1.29, 1.82) is 0 Å². The standard InChI is InChI=1S/C12H8BrFN2O/c13-8-4-1-2-5-9(8)16-12(17)10-6-3-7-11(14)15-10/h1-7H,(H,16,17). The molecule has 0 unspecified atom stereocenters. The summed E-state index contributed by atoms with van der Waals surface area (Å²) in [6.07, 6.45) is 0. The van der Waals surface area contributed by atoms with Gasteiger partial charge in [0.15, 0.2) is 0 Å². The van der Waals surface area contributed by atoms with Crippen LogP contribution in [0.3, 0.4) is 0 Å². The highest BCUT2D eigenvalue weighted by molar-refractivity contribution is 9.10. The summed E-state index contributed by atoms with van der Waals surface area (Å²) in [6, 6.07) is 11.2. The van der Waals surface area contributed by atoms with Crippen molar-refractivity contribution in [3.63, 3.8) is 0 Å². The van der Waals surface area contributed by atoms with Gasteiger partial charge < -0.3 is 5.32 Å². The number of halogens is 2. The summed E-state index contributed by atoms with van der Waals surface area (Å²) in [4.78, 5) is 15.3. The second kappa shape index (κ2) is 5.05. The average Bonchev–Trinajstić information content (AvgIpc) is 2.32. The number of aromatic nitrogens is 1. The zero-order chi connectivity index (χ0) is 12.3. The Morgan fingerprint density at radius 1 is 1.18 bits per heavy atom. The highest BCUT2D eigenvalue weighted by Gasteiger charge is 2.09. The Balaban J connectivity index is 2.20. The topological polar surface area (TPSA) is 42.0 Å².